The predicted molar refractivity (Wildman–Crippen MR) is 252 cm³/mol. The van der Waals surface area contributed by atoms with Crippen LogP contribution in [0.3, 0.4) is 0 Å². The number of hydrogen-bond acceptors (Lipinski definition) is 2. The summed E-state index contributed by atoms with van der Waals surface area (Å²) >= 11 is 0. The van der Waals surface area contributed by atoms with Crippen LogP contribution < -0.4 is 0 Å². The van der Waals surface area contributed by atoms with Crippen molar-refractivity contribution in [1.82, 2.24) is 18.9 Å². The number of nitrogens with zero attached hydrogens (tertiary/aromatic N) is 4. The summed E-state index contributed by atoms with van der Waals surface area (Å²) in [6, 6.07) is 66.2. The molecule has 0 spiro atoms. The summed E-state index contributed by atoms with van der Waals surface area (Å²) in [6.07, 6.45) is 0. The Labute approximate surface area is 345 Å². The number of fused-ring (bicyclic) bond motifs is 13. The third-order valence-electron chi connectivity index (χ3n) is 13.0. The maximum atomic E-state index is 5.35. The maximum Gasteiger partial charge on any atom is 0.160 e. The summed E-state index contributed by atoms with van der Waals surface area (Å²) in [6.45, 7) is 4.31. The van der Waals surface area contributed by atoms with Crippen LogP contribution in [0.4, 0.5) is 0 Å². The van der Waals surface area contributed by atoms with Crippen molar-refractivity contribution < 1.29 is 0 Å². The number of rotatable bonds is 4. The second-order valence-corrected chi connectivity index (χ2v) is 16.2. The Bertz CT molecular complexity index is 3900. The van der Waals surface area contributed by atoms with Crippen LogP contribution in [-0.2, 0) is 0 Å². The fraction of sp³-hybridized carbons (Fsp3) is 0.0357. The molecule has 0 atom stereocenters. The monoisotopic (exact) mass is 764 g/mol. The Morgan fingerprint density at radius 2 is 0.983 bits per heavy atom. The van der Waals surface area contributed by atoms with Gasteiger partial charge in [-0.15, -0.1) is 0 Å². The minimum absolute atomic E-state index is 0.709. The molecule has 0 saturated heterocycles. The predicted octanol–water partition coefficient (Wildman–Crippen LogP) is 14.6. The van der Waals surface area contributed by atoms with Gasteiger partial charge in [-0.25, -0.2) is 9.97 Å². The first-order valence-corrected chi connectivity index (χ1v) is 20.7. The van der Waals surface area contributed by atoms with Gasteiger partial charge in [-0.1, -0.05) is 140 Å². The highest BCUT2D eigenvalue weighted by Gasteiger charge is 2.23. The van der Waals surface area contributed by atoms with Crippen LogP contribution in [0, 0.1) is 13.8 Å². The molecule has 0 aliphatic rings. The van der Waals surface area contributed by atoms with Gasteiger partial charge in [0.2, 0.25) is 0 Å². The first-order chi connectivity index (χ1) is 29.6. The van der Waals surface area contributed by atoms with Crippen molar-refractivity contribution in [3.05, 3.63) is 193 Å². The molecule has 280 valence electrons. The van der Waals surface area contributed by atoms with Crippen molar-refractivity contribution >= 4 is 81.4 Å². The minimum atomic E-state index is 0.709. The van der Waals surface area contributed by atoms with Gasteiger partial charge in [0.15, 0.2) is 5.82 Å². The third kappa shape index (κ3) is 4.56. The number of aromatic nitrogens is 4. The van der Waals surface area contributed by atoms with Gasteiger partial charge in [0.25, 0.3) is 0 Å². The molecule has 13 rings (SSSR count). The molecule has 0 amide bonds. The summed E-state index contributed by atoms with van der Waals surface area (Å²) in [5.74, 6) is 0.709. The SMILES string of the molecule is Cc1ccccc1-c1nc(-c2ccc(-n3c4ccccc4c4ccc5ccc6c7cccc8c9ccccc9n(c87)c6c5c43)cc2)nc(-c2ccc3ccccc3c2)c1C. The van der Waals surface area contributed by atoms with Crippen molar-refractivity contribution in [3.63, 3.8) is 0 Å². The van der Waals surface area contributed by atoms with Crippen molar-refractivity contribution in [1.29, 1.82) is 0 Å². The van der Waals surface area contributed by atoms with E-state index in [1.54, 1.807) is 0 Å². The standard InChI is InChI=1S/C56H36N4/c1-33-12-3-6-15-41(33)52-34(2)51(39-23-22-35-13-4-5-14-38(35)32-39)57-56(58-52)37-24-28-40(29-25-37)59-48-20-9-7-17-43(48)46-30-26-36-27-31-47-45-19-11-18-44-42-16-8-10-21-49(42)60(53(44)45)55(47)50(36)54(46)59/h3-32H,1-2H3. The third-order valence-corrected chi connectivity index (χ3v) is 13.0. The number of benzene rings is 9. The van der Waals surface area contributed by atoms with E-state index in [9.17, 15) is 0 Å². The molecule has 4 nitrogen and oxygen atoms in total. The van der Waals surface area contributed by atoms with Gasteiger partial charge >= 0.3 is 0 Å². The zero-order chi connectivity index (χ0) is 39.6. The lowest BCUT2D eigenvalue weighted by Crippen LogP contribution is -2.01. The number of para-hydroxylation sites is 3. The quantitative estimate of drug-likeness (QED) is 0.179. The number of aryl methyl sites for hydroxylation is 1. The lowest BCUT2D eigenvalue weighted by molar-refractivity contribution is 1.14. The van der Waals surface area contributed by atoms with E-state index >= 15 is 0 Å². The zero-order valence-corrected chi connectivity index (χ0v) is 33.1. The molecule has 4 heteroatoms. The number of hydrogen-bond donors (Lipinski definition) is 0. The van der Waals surface area contributed by atoms with Gasteiger partial charge in [0.05, 0.1) is 39.0 Å². The van der Waals surface area contributed by atoms with Crippen molar-refractivity contribution in [2.75, 3.05) is 0 Å². The fourth-order valence-electron chi connectivity index (χ4n) is 10.2. The molecule has 9 aromatic carbocycles. The largest absolute Gasteiger partial charge is 0.309 e. The summed E-state index contributed by atoms with van der Waals surface area (Å²) in [4.78, 5) is 10.7. The van der Waals surface area contributed by atoms with Gasteiger partial charge in [-0.2, -0.15) is 0 Å². The van der Waals surface area contributed by atoms with Gasteiger partial charge in [0.1, 0.15) is 0 Å². The molecule has 0 unspecified atom stereocenters. The highest BCUT2D eigenvalue weighted by atomic mass is 15.0. The second-order valence-electron chi connectivity index (χ2n) is 16.2. The molecule has 0 N–H and O–H groups in total. The normalized spacial score (nSPS) is 12.2. The molecule has 4 heterocycles. The molecular formula is C56H36N4. The molecule has 13 aromatic rings. The lowest BCUT2D eigenvalue weighted by atomic mass is 9.96. The van der Waals surface area contributed by atoms with Crippen LogP contribution in [0.1, 0.15) is 11.1 Å². The first-order valence-electron chi connectivity index (χ1n) is 20.7. The molecule has 0 saturated carbocycles. The average Bonchev–Trinajstić information content (AvgIpc) is 3.95. The summed E-state index contributed by atoms with van der Waals surface area (Å²) in [5.41, 5.74) is 14.6. The Kier molecular flexibility index (Phi) is 6.83. The van der Waals surface area contributed by atoms with E-state index in [1.807, 2.05) is 0 Å². The molecular weight excluding hydrogens is 729 g/mol. The highest BCUT2D eigenvalue weighted by Crippen LogP contribution is 2.45. The summed E-state index contributed by atoms with van der Waals surface area (Å²) in [7, 11) is 0. The summed E-state index contributed by atoms with van der Waals surface area (Å²) < 4.78 is 4.99. The van der Waals surface area contributed by atoms with Crippen molar-refractivity contribution in [2.45, 2.75) is 13.8 Å². The lowest BCUT2D eigenvalue weighted by Gasteiger charge is -2.16. The van der Waals surface area contributed by atoms with E-state index in [0.29, 0.717) is 5.82 Å². The Hall–Kier alpha value is -7.82. The Morgan fingerprint density at radius 3 is 1.78 bits per heavy atom. The van der Waals surface area contributed by atoms with Crippen LogP contribution in [-0.4, -0.2) is 18.9 Å². The molecule has 0 fully saturated rings. The topological polar surface area (TPSA) is 35.1 Å². The molecule has 0 bridgehead atoms. The minimum Gasteiger partial charge on any atom is -0.309 e. The van der Waals surface area contributed by atoms with Gasteiger partial charge in [-0.3, -0.25) is 0 Å². The van der Waals surface area contributed by atoms with Gasteiger partial charge in [0, 0.05) is 65.6 Å². The van der Waals surface area contributed by atoms with E-state index in [2.05, 4.69) is 205 Å². The summed E-state index contributed by atoms with van der Waals surface area (Å²) in [5, 5.41) is 12.5. The van der Waals surface area contributed by atoms with Crippen LogP contribution in [0.2, 0.25) is 0 Å². The van der Waals surface area contributed by atoms with Gasteiger partial charge in [-0.05, 0) is 78.0 Å². The van der Waals surface area contributed by atoms with Gasteiger partial charge < -0.3 is 8.97 Å². The fourth-order valence-corrected chi connectivity index (χ4v) is 10.2. The Morgan fingerprint density at radius 1 is 0.400 bits per heavy atom. The molecule has 60 heavy (non-hydrogen) atoms. The average molecular weight is 765 g/mol. The van der Waals surface area contributed by atoms with E-state index in [0.717, 1.165) is 39.3 Å². The van der Waals surface area contributed by atoms with E-state index in [-0.39, 0.29) is 0 Å². The molecule has 0 radical (unpaired) electrons. The molecule has 0 aliphatic heterocycles. The maximum absolute atomic E-state index is 5.35. The highest BCUT2D eigenvalue weighted by molar-refractivity contribution is 6.32. The van der Waals surface area contributed by atoms with Crippen LogP contribution >= 0.6 is 0 Å². The Balaban J connectivity index is 1.06. The second kappa shape index (κ2) is 12.3. The first kappa shape index (κ1) is 33.2. The van der Waals surface area contributed by atoms with E-state index in [1.165, 1.54) is 87.0 Å². The van der Waals surface area contributed by atoms with Crippen LogP contribution in [0.5, 0.6) is 0 Å². The smallest absolute Gasteiger partial charge is 0.160 e. The van der Waals surface area contributed by atoms with E-state index < -0.39 is 0 Å². The van der Waals surface area contributed by atoms with Crippen LogP contribution in [0.15, 0.2) is 182 Å². The van der Waals surface area contributed by atoms with Crippen LogP contribution in [0.25, 0.3) is 121 Å². The van der Waals surface area contributed by atoms with E-state index in [4.69, 9.17) is 9.97 Å². The molecule has 4 aromatic heterocycles. The van der Waals surface area contributed by atoms with Crippen molar-refractivity contribution in [3.8, 4) is 39.6 Å². The zero-order valence-electron chi connectivity index (χ0n) is 33.1. The van der Waals surface area contributed by atoms with Crippen molar-refractivity contribution in [2.24, 2.45) is 0 Å². The molecule has 0 aliphatic carbocycles.